The van der Waals surface area contributed by atoms with Crippen LogP contribution in [-0.2, 0) is 16.1 Å². The summed E-state index contributed by atoms with van der Waals surface area (Å²) in [4.78, 5) is 11.6. The lowest BCUT2D eigenvalue weighted by molar-refractivity contribution is -0.174. The second-order valence-corrected chi connectivity index (χ2v) is 4.18. The quantitative estimate of drug-likeness (QED) is 0.758. The number of anilines is 1. The maximum Gasteiger partial charge on any atom is 0.411 e. The standard InChI is InChI=1S/C13H17F3N2O2/c14-13(15,16)9-20-7-3-6-12(19)18-11-5-2-1-4-10(11)8-17/h1-2,4-5H,3,6-9,17H2,(H,18,19). The summed E-state index contributed by atoms with van der Waals surface area (Å²) in [7, 11) is 0. The van der Waals surface area contributed by atoms with Crippen LogP contribution in [0.25, 0.3) is 0 Å². The molecule has 20 heavy (non-hydrogen) atoms. The van der Waals surface area contributed by atoms with E-state index in [0.29, 0.717) is 12.2 Å². The van der Waals surface area contributed by atoms with E-state index < -0.39 is 12.8 Å². The molecule has 0 radical (unpaired) electrons. The van der Waals surface area contributed by atoms with Crippen molar-refractivity contribution >= 4 is 11.6 Å². The lowest BCUT2D eigenvalue weighted by Crippen LogP contribution is -2.18. The maximum atomic E-state index is 11.8. The van der Waals surface area contributed by atoms with Gasteiger partial charge in [-0.05, 0) is 18.1 Å². The molecule has 0 unspecified atom stereocenters. The predicted octanol–water partition coefficient (Wildman–Crippen LogP) is 2.44. The summed E-state index contributed by atoms with van der Waals surface area (Å²) in [6, 6.07) is 7.09. The Morgan fingerprint density at radius 1 is 1.30 bits per heavy atom. The third-order valence-corrected chi connectivity index (χ3v) is 2.47. The zero-order valence-corrected chi connectivity index (χ0v) is 10.9. The zero-order valence-electron chi connectivity index (χ0n) is 10.9. The van der Waals surface area contributed by atoms with E-state index in [4.69, 9.17) is 5.73 Å². The number of carbonyl (C=O) groups is 1. The monoisotopic (exact) mass is 290 g/mol. The Balaban J connectivity index is 2.27. The Morgan fingerprint density at radius 2 is 2.00 bits per heavy atom. The topological polar surface area (TPSA) is 64.3 Å². The largest absolute Gasteiger partial charge is 0.411 e. The molecular formula is C13H17F3N2O2. The Morgan fingerprint density at radius 3 is 2.65 bits per heavy atom. The average Bonchev–Trinajstić information content (AvgIpc) is 2.37. The van der Waals surface area contributed by atoms with Gasteiger partial charge >= 0.3 is 6.18 Å². The van der Waals surface area contributed by atoms with E-state index in [9.17, 15) is 18.0 Å². The van der Waals surface area contributed by atoms with Crippen molar-refractivity contribution in [3.8, 4) is 0 Å². The molecule has 0 aliphatic rings. The van der Waals surface area contributed by atoms with Crippen molar-refractivity contribution < 1.29 is 22.7 Å². The van der Waals surface area contributed by atoms with E-state index in [-0.39, 0.29) is 25.4 Å². The number of rotatable bonds is 7. The first kappa shape index (κ1) is 16.5. The van der Waals surface area contributed by atoms with E-state index in [1.165, 1.54) is 0 Å². The fourth-order valence-corrected chi connectivity index (χ4v) is 1.56. The van der Waals surface area contributed by atoms with Gasteiger partial charge in [-0.3, -0.25) is 4.79 Å². The van der Waals surface area contributed by atoms with Gasteiger partial charge in [0, 0.05) is 25.3 Å². The second-order valence-electron chi connectivity index (χ2n) is 4.18. The van der Waals surface area contributed by atoms with Crippen LogP contribution in [-0.4, -0.2) is 25.3 Å². The van der Waals surface area contributed by atoms with Crippen molar-refractivity contribution in [2.24, 2.45) is 5.73 Å². The van der Waals surface area contributed by atoms with E-state index in [1.807, 2.05) is 6.07 Å². The smallest absolute Gasteiger partial charge is 0.372 e. The van der Waals surface area contributed by atoms with Gasteiger partial charge in [-0.2, -0.15) is 13.2 Å². The van der Waals surface area contributed by atoms with Crippen molar-refractivity contribution in [1.82, 2.24) is 0 Å². The van der Waals surface area contributed by atoms with Gasteiger partial charge in [-0.1, -0.05) is 18.2 Å². The molecule has 0 bridgehead atoms. The molecule has 1 rings (SSSR count). The predicted molar refractivity (Wildman–Crippen MR) is 69.1 cm³/mol. The van der Waals surface area contributed by atoms with Crippen LogP contribution in [0.3, 0.4) is 0 Å². The van der Waals surface area contributed by atoms with Crippen LogP contribution in [0.15, 0.2) is 24.3 Å². The third kappa shape index (κ3) is 6.53. The number of hydrogen-bond donors (Lipinski definition) is 2. The van der Waals surface area contributed by atoms with Crippen molar-refractivity contribution in [3.63, 3.8) is 0 Å². The molecule has 0 aliphatic carbocycles. The molecule has 0 heterocycles. The highest BCUT2D eigenvalue weighted by molar-refractivity contribution is 5.91. The summed E-state index contributed by atoms with van der Waals surface area (Å²) < 4.78 is 39.8. The summed E-state index contributed by atoms with van der Waals surface area (Å²) in [5.74, 6) is -0.276. The Kier molecular flexibility index (Phi) is 6.47. The molecule has 0 saturated heterocycles. The number of amides is 1. The minimum Gasteiger partial charge on any atom is -0.372 e. The molecule has 4 nitrogen and oxygen atoms in total. The highest BCUT2D eigenvalue weighted by atomic mass is 19.4. The molecule has 3 N–H and O–H groups in total. The maximum absolute atomic E-state index is 11.8. The number of para-hydroxylation sites is 1. The van der Waals surface area contributed by atoms with Crippen molar-refractivity contribution in [2.75, 3.05) is 18.5 Å². The van der Waals surface area contributed by atoms with Gasteiger partial charge in [0.15, 0.2) is 0 Å². The molecule has 0 aromatic heterocycles. The number of nitrogens with two attached hydrogens (primary N) is 1. The number of carbonyl (C=O) groups excluding carboxylic acids is 1. The van der Waals surface area contributed by atoms with Crippen LogP contribution in [0.4, 0.5) is 18.9 Å². The highest BCUT2D eigenvalue weighted by Gasteiger charge is 2.27. The number of benzene rings is 1. The lowest BCUT2D eigenvalue weighted by atomic mass is 10.1. The number of alkyl halides is 3. The first-order valence-electron chi connectivity index (χ1n) is 6.14. The molecular weight excluding hydrogens is 273 g/mol. The van der Waals surface area contributed by atoms with Gasteiger partial charge in [0.1, 0.15) is 6.61 Å². The normalized spacial score (nSPS) is 11.4. The molecule has 0 fully saturated rings. The third-order valence-electron chi connectivity index (χ3n) is 2.47. The van der Waals surface area contributed by atoms with E-state index in [2.05, 4.69) is 10.1 Å². The number of ether oxygens (including phenoxy) is 1. The van der Waals surface area contributed by atoms with Crippen LogP contribution in [0.1, 0.15) is 18.4 Å². The van der Waals surface area contributed by atoms with E-state index in [0.717, 1.165) is 5.56 Å². The molecule has 1 amide bonds. The van der Waals surface area contributed by atoms with E-state index in [1.54, 1.807) is 18.2 Å². The van der Waals surface area contributed by atoms with E-state index >= 15 is 0 Å². The number of nitrogens with one attached hydrogen (secondary N) is 1. The SMILES string of the molecule is NCc1ccccc1NC(=O)CCCOCC(F)(F)F. The van der Waals surface area contributed by atoms with Gasteiger partial charge in [0.2, 0.25) is 5.91 Å². The van der Waals surface area contributed by atoms with Crippen LogP contribution >= 0.6 is 0 Å². The van der Waals surface area contributed by atoms with Crippen molar-refractivity contribution in [3.05, 3.63) is 29.8 Å². The summed E-state index contributed by atoms with van der Waals surface area (Å²) in [5, 5.41) is 2.67. The lowest BCUT2D eigenvalue weighted by Gasteiger charge is -2.10. The molecule has 0 atom stereocenters. The summed E-state index contributed by atoms with van der Waals surface area (Å²) in [6.07, 6.45) is -4.01. The highest BCUT2D eigenvalue weighted by Crippen LogP contribution is 2.15. The Bertz CT molecular complexity index is 436. The Hall–Kier alpha value is -1.60. The van der Waals surface area contributed by atoms with Gasteiger partial charge in [-0.15, -0.1) is 0 Å². The first-order valence-corrected chi connectivity index (χ1v) is 6.14. The molecule has 0 saturated carbocycles. The Labute approximate surface area is 115 Å². The van der Waals surface area contributed by atoms with Gasteiger partial charge in [0.25, 0.3) is 0 Å². The molecule has 7 heteroatoms. The fourth-order valence-electron chi connectivity index (χ4n) is 1.56. The van der Waals surface area contributed by atoms with Crippen molar-refractivity contribution in [2.45, 2.75) is 25.6 Å². The zero-order chi connectivity index (χ0) is 15.0. The summed E-state index contributed by atoms with van der Waals surface area (Å²) in [6.45, 7) is -1.10. The van der Waals surface area contributed by atoms with Crippen LogP contribution in [0.2, 0.25) is 0 Å². The molecule has 1 aromatic carbocycles. The molecule has 112 valence electrons. The average molecular weight is 290 g/mol. The number of hydrogen-bond acceptors (Lipinski definition) is 3. The van der Waals surface area contributed by atoms with Gasteiger partial charge in [-0.25, -0.2) is 0 Å². The summed E-state index contributed by atoms with van der Waals surface area (Å²) >= 11 is 0. The first-order chi connectivity index (χ1) is 9.42. The molecule has 0 spiro atoms. The molecule has 1 aromatic rings. The fraction of sp³-hybridized carbons (Fsp3) is 0.462. The summed E-state index contributed by atoms with van der Waals surface area (Å²) in [5.41, 5.74) is 6.95. The van der Waals surface area contributed by atoms with Gasteiger partial charge in [0.05, 0.1) is 0 Å². The van der Waals surface area contributed by atoms with Gasteiger partial charge < -0.3 is 15.8 Å². The minimum absolute atomic E-state index is 0.0940. The molecule has 0 aliphatic heterocycles. The minimum atomic E-state index is -4.33. The van der Waals surface area contributed by atoms with Crippen LogP contribution < -0.4 is 11.1 Å². The number of halogens is 3. The van der Waals surface area contributed by atoms with Crippen LogP contribution in [0, 0.1) is 0 Å². The van der Waals surface area contributed by atoms with Crippen LogP contribution in [0.5, 0.6) is 0 Å². The second kappa shape index (κ2) is 7.86. The van der Waals surface area contributed by atoms with Crippen molar-refractivity contribution in [1.29, 1.82) is 0 Å².